The molecule has 0 aliphatic carbocycles. The lowest BCUT2D eigenvalue weighted by Crippen LogP contribution is -2.16. The van der Waals surface area contributed by atoms with Crippen molar-refractivity contribution in [3.63, 3.8) is 0 Å². The van der Waals surface area contributed by atoms with Gasteiger partial charge in [0.15, 0.2) is 6.20 Å². The zero-order valence-electron chi connectivity index (χ0n) is 15.2. The number of nitrogens with one attached hydrogen (secondary N) is 2. The standard InChI is InChI=1S/C21H20N2O4/c1-3-27-21(25)17-13-22-18-10-9-15(20(24)26-2)11-16(18)19(17)23-12-14-7-5-4-6-8-14/h4-11,13H,3,12H2,1-2H3,(H,22,23)/p+1. The van der Waals surface area contributed by atoms with Gasteiger partial charge in [-0.3, -0.25) is 0 Å². The van der Waals surface area contributed by atoms with E-state index in [1.54, 1.807) is 31.3 Å². The number of ether oxygens (including phenoxy) is 2. The average Bonchev–Trinajstić information content (AvgIpc) is 2.71. The van der Waals surface area contributed by atoms with Crippen molar-refractivity contribution in [1.29, 1.82) is 0 Å². The minimum absolute atomic E-state index is 0.275. The summed E-state index contributed by atoms with van der Waals surface area (Å²) in [5.74, 6) is -0.873. The molecule has 1 aromatic heterocycles. The number of esters is 2. The van der Waals surface area contributed by atoms with Gasteiger partial charge in [-0.15, -0.1) is 0 Å². The van der Waals surface area contributed by atoms with Gasteiger partial charge in [-0.05, 0) is 24.6 Å². The lowest BCUT2D eigenvalue weighted by atomic mass is 10.1. The smallest absolute Gasteiger partial charge is 0.346 e. The molecule has 0 fully saturated rings. The molecule has 0 aliphatic rings. The van der Waals surface area contributed by atoms with Crippen molar-refractivity contribution in [2.24, 2.45) is 0 Å². The Morgan fingerprint density at radius 2 is 1.85 bits per heavy atom. The minimum Gasteiger partial charge on any atom is -0.465 e. The fourth-order valence-electron chi connectivity index (χ4n) is 2.84. The summed E-state index contributed by atoms with van der Waals surface area (Å²) >= 11 is 0. The van der Waals surface area contributed by atoms with Crippen LogP contribution in [0.15, 0.2) is 54.7 Å². The van der Waals surface area contributed by atoms with Crippen LogP contribution in [-0.4, -0.2) is 25.7 Å². The molecule has 2 aromatic carbocycles. The third kappa shape index (κ3) is 4.06. The van der Waals surface area contributed by atoms with E-state index in [9.17, 15) is 9.59 Å². The number of aromatic nitrogens is 1. The highest BCUT2D eigenvalue weighted by Crippen LogP contribution is 2.27. The first-order valence-electron chi connectivity index (χ1n) is 8.65. The van der Waals surface area contributed by atoms with Crippen LogP contribution in [0.25, 0.3) is 10.9 Å². The fraction of sp³-hybridized carbons (Fsp3) is 0.190. The predicted molar refractivity (Wildman–Crippen MR) is 102 cm³/mol. The van der Waals surface area contributed by atoms with Crippen LogP contribution in [0, 0.1) is 0 Å². The van der Waals surface area contributed by atoms with E-state index < -0.39 is 11.9 Å². The molecule has 6 nitrogen and oxygen atoms in total. The number of aromatic amines is 1. The second kappa shape index (κ2) is 8.31. The molecular formula is C21H21N2O4+. The minimum atomic E-state index is -0.438. The van der Waals surface area contributed by atoms with Gasteiger partial charge < -0.3 is 14.8 Å². The SMILES string of the molecule is CCOC(=O)c1c[nH+]c2ccc(C(=O)OC)cc2c1NCc1ccccc1. The number of carbonyl (C=O) groups excluding carboxylic acids is 2. The van der Waals surface area contributed by atoms with E-state index in [4.69, 9.17) is 9.47 Å². The molecule has 0 saturated heterocycles. The molecular weight excluding hydrogens is 344 g/mol. The van der Waals surface area contributed by atoms with E-state index in [2.05, 4.69) is 10.3 Å². The summed E-state index contributed by atoms with van der Waals surface area (Å²) in [7, 11) is 1.34. The summed E-state index contributed by atoms with van der Waals surface area (Å²) in [6.45, 7) is 2.56. The van der Waals surface area contributed by atoms with Crippen LogP contribution in [-0.2, 0) is 16.0 Å². The molecule has 0 unspecified atom stereocenters. The van der Waals surface area contributed by atoms with Crippen LogP contribution in [0.3, 0.4) is 0 Å². The number of H-pyrrole nitrogens is 1. The second-order valence-electron chi connectivity index (χ2n) is 5.89. The number of rotatable bonds is 6. The molecule has 0 spiro atoms. The highest BCUT2D eigenvalue weighted by atomic mass is 16.5. The first-order valence-corrected chi connectivity index (χ1v) is 8.65. The first kappa shape index (κ1) is 18.4. The maximum Gasteiger partial charge on any atom is 0.346 e. The fourth-order valence-corrected chi connectivity index (χ4v) is 2.84. The number of pyridine rings is 1. The van der Waals surface area contributed by atoms with E-state index in [0.717, 1.165) is 11.1 Å². The van der Waals surface area contributed by atoms with Gasteiger partial charge in [0.25, 0.3) is 0 Å². The van der Waals surface area contributed by atoms with Crippen LogP contribution in [0.1, 0.15) is 33.2 Å². The number of fused-ring (bicyclic) bond motifs is 1. The quantitative estimate of drug-likeness (QED) is 0.679. The molecule has 3 rings (SSSR count). The maximum atomic E-state index is 12.4. The number of methoxy groups -OCH3 is 1. The van der Waals surface area contributed by atoms with Crippen LogP contribution >= 0.6 is 0 Å². The zero-order valence-corrected chi connectivity index (χ0v) is 15.2. The van der Waals surface area contributed by atoms with Gasteiger partial charge >= 0.3 is 11.9 Å². The third-order valence-electron chi connectivity index (χ3n) is 4.16. The molecule has 0 saturated carbocycles. The lowest BCUT2D eigenvalue weighted by molar-refractivity contribution is -0.344. The molecule has 27 heavy (non-hydrogen) atoms. The van der Waals surface area contributed by atoms with Crippen molar-refractivity contribution in [2.45, 2.75) is 13.5 Å². The van der Waals surface area contributed by atoms with Crippen molar-refractivity contribution < 1.29 is 24.0 Å². The van der Waals surface area contributed by atoms with Gasteiger partial charge in [0.05, 0.1) is 30.4 Å². The molecule has 6 heteroatoms. The van der Waals surface area contributed by atoms with Gasteiger partial charge in [0.1, 0.15) is 5.56 Å². The summed E-state index contributed by atoms with van der Waals surface area (Å²) in [5, 5.41) is 4.03. The van der Waals surface area contributed by atoms with E-state index in [-0.39, 0.29) is 6.61 Å². The Morgan fingerprint density at radius 1 is 1.07 bits per heavy atom. The summed E-state index contributed by atoms with van der Waals surface area (Å²) < 4.78 is 9.99. The van der Waals surface area contributed by atoms with Crippen molar-refractivity contribution in [1.82, 2.24) is 0 Å². The molecule has 0 amide bonds. The van der Waals surface area contributed by atoms with Crippen LogP contribution in [0.5, 0.6) is 0 Å². The number of benzene rings is 2. The largest absolute Gasteiger partial charge is 0.465 e. The summed E-state index contributed by atoms with van der Waals surface area (Å²) in [5.41, 5.74) is 3.24. The topological polar surface area (TPSA) is 78.8 Å². The molecule has 3 aromatic rings. The van der Waals surface area contributed by atoms with Gasteiger partial charge in [0.2, 0.25) is 5.52 Å². The van der Waals surface area contributed by atoms with Crippen molar-refractivity contribution in [3.05, 3.63) is 71.4 Å². The average molecular weight is 365 g/mol. The van der Waals surface area contributed by atoms with Gasteiger partial charge in [-0.1, -0.05) is 30.3 Å². The third-order valence-corrected chi connectivity index (χ3v) is 4.16. The van der Waals surface area contributed by atoms with Crippen molar-refractivity contribution in [2.75, 3.05) is 19.0 Å². The molecule has 1 heterocycles. The Balaban J connectivity index is 2.09. The molecule has 0 aliphatic heterocycles. The highest BCUT2D eigenvalue weighted by Gasteiger charge is 2.21. The summed E-state index contributed by atoms with van der Waals surface area (Å²) in [6.07, 6.45) is 1.62. The Kier molecular flexibility index (Phi) is 5.66. The molecule has 0 bridgehead atoms. The lowest BCUT2D eigenvalue weighted by Gasteiger charge is -2.12. The maximum absolute atomic E-state index is 12.4. The van der Waals surface area contributed by atoms with Crippen LogP contribution in [0.2, 0.25) is 0 Å². The normalized spacial score (nSPS) is 10.4. The summed E-state index contributed by atoms with van der Waals surface area (Å²) in [4.78, 5) is 27.4. The Bertz CT molecular complexity index is 971. The second-order valence-corrected chi connectivity index (χ2v) is 5.89. The Morgan fingerprint density at radius 3 is 2.56 bits per heavy atom. The molecule has 0 atom stereocenters. The van der Waals surface area contributed by atoms with Crippen molar-refractivity contribution >= 4 is 28.5 Å². The molecule has 2 N–H and O–H groups in total. The van der Waals surface area contributed by atoms with Gasteiger partial charge in [-0.2, -0.15) is 0 Å². The number of hydrogen-bond acceptors (Lipinski definition) is 5. The Hall–Kier alpha value is -3.41. The van der Waals surface area contributed by atoms with E-state index in [1.807, 2.05) is 30.3 Å². The number of carbonyl (C=O) groups is 2. The Labute approximate surface area is 157 Å². The predicted octanol–water partition coefficient (Wildman–Crippen LogP) is 3.23. The van der Waals surface area contributed by atoms with Crippen molar-refractivity contribution in [3.8, 4) is 0 Å². The summed E-state index contributed by atoms with van der Waals surface area (Å²) in [6, 6.07) is 15.0. The van der Waals surface area contributed by atoms with E-state index in [1.165, 1.54) is 7.11 Å². The first-order chi connectivity index (χ1) is 13.1. The van der Waals surface area contributed by atoms with Crippen LogP contribution < -0.4 is 10.3 Å². The van der Waals surface area contributed by atoms with Gasteiger partial charge in [-0.25, -0.2) is 14.6 Å². The zero-order chi connectivity index (χ0) is 19.2. The molecule has 0 radical (unpaired) electrons. The monoisotopic (exact) mass is 365 g/mol. The van der Waals surface area contributed by atoms with Crippen LogP contribution in [0.4, 0.5) is 5.69 Å². The van der Waals surface area contributed by atoms with Gasteiger partial charge in [0, 0.05) is 12.6 Å². The molecule has 138 valence electrons. The number of hydrogen-bond donors (Lipinski definition) is 1. The van der Waals surface area contributed by atoms with E-state index >= 15 is 0 Å². The number of anilines is 1. The highest BCUT2D eigenvalue weighted by molar-refractivity contribution is 6.05. The van der Waals surface area contributed by atoms with E-state index in [0.29, 0.717) is 28.7 Å².